The van der Waals surface area contributed by atoms with E-state index in [1.165, 1.54) is 0 Å². The Balaban J connectivity index is 1.93. The van der Waals surface area contributed by atoms with E-state index >= 15 is 0 Å². The Morgan fingerprint density at radius 2 is 1.34 bits per heavy atom. The van der Waals surface area contributed by atoms with Crippen molar-refractivity contribution in [2.75, 3.05) is 20.1 Å². The fourth-order valence-corrected chi connectivity index (χ4v) is 3.27. The SMILES string of the molecule is [2H]C([2H])([2H])NCCOc1ccc(/C(=C(/CC)c2ccc(O)cc2)c2ccc(O)cc2)cc1. The summed E-state index contributed by atoms with van der Waals surface area (Å²) >= 11 is 0. The maximum Gasteiger partial charge on any atom is 0.119 e. The molecule has 0 saturated carbocycles. The Bertz CT molecular complexity index is 1040. The molecule has 150 valence electrons. The molecule has 0 spiro atoms. The maximum atomic E-state index is 9.74. The molecule has 3 rings (SSSR count). The summed E-state index contributed by atoms with van der Waals surface area (Å²) in [5.41, 5.74) is 5.07. The topological polar surface area (TPSA) is 61.7 Å². The molecule has 0 radical (unpaired) electrons. The number of phenols is 2. The second kappa shape index (κ2) is 9.80. The van der Waals surface area contributed by atoms with Crippen molar-refractivity contribution < 1.29 is 19.1 Å². The molecular formula is C25H27NO3. The average Bonchev–Trinajstić information content (AvgIpc) is 2.77. The number of ether oxygens (including phenoxy) is 1. The van der Waals surface area contributed by atoms with Crippen LogP contribution in [0.4, 0.5) is 0 Å². The van der Waals surface area contributed by atoms with E-state index in [2.05, 4.69) is 12.2 Å². The van der Waals surface area contributed by atoms with E-state index in [4.69, 9.17) is 8.85 Å². The lowest BCUT2D eigenvalue weighted by Crippen LogP contribution is -2.15. The Labute approximate surface area is 176 Å². The molecule has 0 aliphatic carbocycles. The van der Waals surface area contributed by atoms with Crippen LogP contribution in [-0.2, 0) is 0 Å². The van der Waals surface area contributed by atoms with Crippen molar-refractivity contribution in [3.63, 3.8) is 0 Å². The fraction of sp³-hybridized carbons (Fsp3) is 0.200. The largest absolute Gasteiger partial charge is 0.508 e. The predicted octanol–water partition coefficient (Wildman–Crippen LogP) is 5.07. The van der Waals surface area contributed by atoms with E-state index in [0.717, 1.165) is 34.3 Å². The van der Waals surface area contributed by atoms with Crippen molar-refractivity contribution in [3.8, 4) is 17.2 Å². The molecule has 0 heterocycles. The van der Waals surface area contributed by atoms with Gasteiger partial charge in [0.05, 0.1) is 0 Å². The number of hydrogen-bond donors (Lipinski definition) is 3. The first kappa shape index (κ1) is 16.7. The number of hydrogen-bond acceptors (Lipinski definition) is 4. The highest BCUT2D eigenvalue weighted by Gasteiger charge is 2.13. The van der Waals surface area contributed by atoms with Gasteiger partial charge in [-0.25, -0.2) is 0 Å². The molecule has 3 aromatic rings. The quantitative estimate of drug-likeness (QED) is 0.370. The summed E-state index contributed by atoms with van der Waals surface area (Å²) in [5, 5.41) is 21.8. The van der Waals surface area contributed by atoms with E-state index in [0.29, 0.717) is 5.75 Å². The highest BCUT2D eigenvalue weighted by atomic mass is 16.5. The summed E-state index contributed by atoms with van der Waals surface area (Å²) in [6, 6.07) is 21.8. The van der Waals surface area contributed by atoms with Crippen LogP contribution in [0.3, 0.4) is 0 Å². The van der Waals surface area contributed by atoms with Gasteiger partial charge in [0.1, 0.15) is 23.9 Å². The molecule has 0 unspecified atom stereocenters. The first-order valence-corrected chi connectivity index (χ1v) is 9.57. The van der Waals surface area contributed by atoms with Gasteiger partial charge in [-0.3, -0.25) is 0 Å². The number of allylic oxidation sites excluding steroid dienone is 1. The van der Waals surface area contributed by atoms with E-state index in [-0.39, 0.29) is 24.7 Å². The third kappa shape index (κ3) is 5.18. The van der Waals surface area contributed by atoms with Crippen molar-refractivity contribution in [3.05, 3.63) is 89.5 Å². The van der Waals surface area contributed by atoms with Crippen molar-refractivity contribution in [1.82, 2.24) is 5.32 Å². The monoisotopic (exact) mass is 392 g/mol. The Hall–Kier alpha value is -3.24. The molecule has 0 atom stereocenters. The molecule has 0 amide bonds. The van der Waals surface area contributed by atoms with Crippen LogP contribution in [0, 0.1) is 0 Å². The van der Waals surface area contributed by atoms with Crippen molar-refractivity contribution in [2.45, 2.75) is 13.3 Å². The van der Waals surface area contributed by atoms with Gasteiger partial charge < -0.3 is 20.3 Å². The van der Waals surface area contributed by atoms with E-state index < -0.39 is 6.98 Å². The molecule has 3 aromatic carbocycles. The minimum Gasteiger partial charge on any atom is -0.508 e. The molecule has 0 aromatic heterocycles. The summed E-state index contributed by atoms with van der Waals surface area (Å²) in [6.45, 7) is 0.365. The van der Waals surface area contributed by atoms with Gasteiger partial charge in [0.2, 0.25) is 0 Å². The fourth-order valence-electron chi connectivity index (χ4n) is 3.27. The molecule has 4 nitrogen and oxygen atoms in total. The van der Waals surface area contributed by atoms with E-state index in [1.807, 2.05) is 48.5 Å². The molecule has 3 N–H and O–H groups in total. The van der Waals surface area contributed by atoms with Gasteiger partial charge in [-0.2, -0.15) is 0 Å². The molecule has 0 aliphatic rings. The molecule has 0 aliphatic heterocycles. The molecule has 0 bridgehead atoms. The van der Waals surface area contributed by atoms with Gasteiger partial charge in [0.15, 0.2) is 0 Å². The highest BCUT2D eigenvalue weighted by molar-refractivity contribution is 5.98. The van der Waals surface area contributed by atoms with Crippen LogP contribution in [0.25, 0.3) is 11.1 Å². The summed E-state index contributed by atoms with van der Waals surface area (Å²) in [7, 11) is 0. The number of nitrogens with one attached hydrogen (secondary N) is 1. The summed E-state index contributed by atoms with van der Waals surface area (Å²) < 4.78 is 27.1. The average molecular weight is 393 g/mol. The maximum absolute atomic E-state index is 9.74. The van der Waals surface area contributed by atoms with E-state index in [1.54, 1.807) is 24.3 Å². The Morgan fingerprint density at radius 3 is 1.86 bits per heavy atom. The van der Waals surface area contributed by atoms with Crippen molar-refractivity contribution >= 4 is 11.1 Å². The molecule has 0 fully saturated rings. The van der Waals surface area contributed by atoms with Crippen LogP contribution < -0.4 is 10.1 Å². The van der Waals surface area contributed by atoms with Gasteiger partial charge >= 0.3 is 0 Å². The second-order valence-corrected chi connectivity index (χ2v) is 6.60. The van der Waals surface area contributed by atoms with Crippen molar-refractivity contribution in [2.24, 2.45) is 0 Å². The van der Waals surface area contributed by atoms with Gasteiger partial charge in [-0.1, -0.05) is 43.3 Å². The summed E-state index contributed by atoms with van der Waals surface area (Å²) in [5.74, 6) is 1.06. The first-order valence-electron chi connectivity index (χ1n) is 11.1. The molecule has 29 heavy (non-hydrogen) atoms. The van der Waals surface area contributed by atoms with Gasteiger partial charge in [-0.05, 0) is 77.6 Å². The highest BCUT2D eigenvalue weighted by Crippen LogP contribution is 2.36. The predicted molar refractivity (Wildman–Crippen MR) is 118 cm³/mol. The number of benzene rings is 3. The number of aromatic hydroxyl groups is 2. The minimum absolute atomic E-state index is 0.199. The lowest BCUT2D eigenvalue weighted by Gasteiger charge is -2.17. The normalized spacial score (nSPS) is 13.8. The standard InChI is InChI=1S/C25H27NO3/c1-3-24(18-4-10-21(27)11-5-18)25(19-6-12-22(28)13-7-19)20-8-14-23(15-9-20)29-17-16-26-2/h4-15,26-28H,3,16-17H2,1-2H3/b25-24-/i2D3. The zero-order valence-corrected chi connectivity index (χ0v) is 16.4. The van der Waals surface area contributed by atoms with Crippen LogP contribution in [0.2, 0.25) is 0 Å². The zero-order valence-electron chi connectivity index (χ0n) is 19.4. The van der Waals surface area contributed by atoms with E-state index in [9.17, 15) is 10.2 Å². The zero-order chi connectivity index (χ0) is 23.1. The van der Waals surface area contributed by atoms with Gasteiger partial charge in [0.25, 0.3) is 0 Å². The lowest BCUT2D eigenvalue weighted by atomic mass is 9.88. The van der Waals surface area contributed by atoms with Crippen molar-refractivity contribution in [1.29, 1.82) is 0 Å². The van der Waals surface area contributed by atoms with Gasteiger partial charge in [0, 0.05) is 10.7 Å². The third-order valence-electron chi connectivity index (χ3n) is 4.67. The number of phenolic OH excluding ortho intramolecular Hbond substituents is 2. The number of likely N-dealkylation sites (N-methyl/N-ethyl adjacent to an activating group) is 1. The first-order chi connectivity index (χ1) is 15.3. The summed E-state index contributed by atoms with van der Waals surface area (Å²) in [4.78, 5) is 0. The van der Waals surface area contributed by atoms with Crippen LogP contribution >= 0.6 is 0 Å². The van der Waals surface area contributed by atoms with Crippen LogP contribution in [0.5, 0.6) is 17.2 Å². The third-order valence-corrected chi connectivity index (χ3v) is 4.67. The minimum atomic E-state index is -2.18. The Kier molecular flexibility index (Phi) is 5.64. The molecular weight excluding hydrogens is 362 g/mol. The van der Waals surface area contributed by atoms with Crippen LogP contribution in [0.15, 0.2) is 72.8 Å². The summed E-state index contributed by atoms with van der Waals surface area (Å²) in [6.07, 6.45) is 0.764. The van der Waals surface area contributed by atoms with Crippen LogP contribution in [-0.4, -0.2) is 30.3 Å². The Morgan fingerprint density at radius 1 is 0.828 bits per heavy atom. The van der Waals surface area contributed by atoms with Gasteiger partial charge in [-0.15, -0.1) is 0 Å². The second-order valence-electron chi connectivity index (χ2n) is 6.60. The molecule has 0 saturated heterocycles. The van der Waals surface area contributed by atoms with Crippen LogP contribution in [0.1, 0.15) is 34.1 Å². The smallest absolute Gasteiger partial charge is 0.119 e. The lowest BCUT2D eigenvalue weighted by molar-refractivity contribution is 0.318. The number of rotatable bonds is 8. The molecule has 4 heteroatoms.